The van der Waals surface area contributed by atoms with Crippen LogP contribution in [0.4, 0.5) is 4.39 Å². The first-order valence-corrected chi connectivity index (χ1v) is 11.6. The maximum atomic E-state index is 14.9. The number of benzene rings is 2. The molecule has 4 rings (SSSR count). The molecule has 1 aliphatic rings. The van der Waals surface area contributed by atoms with E-state index >= 15 is 0 Å². The minimum atomic E-state index is -4.18. The first kappa shape index (κ1) is 22.7. The van der Waals surface area contributed by atoms with E-state index in [4.69, 9.17) is 16.0 Å². The van der Waals surface area contributed by atoms with Gasteiger partial charge in [-0.05, 0) is 54.8 Å². The Hall–Kier alpha value is -2.53. The van der Waals surface area contributed by atoms with Crippen molar-refractivity contribution in [1.82, 2.24) is 14.5 Å². The largest absolute Gasteiger partial charge is 0.434 e. The fourth-order valence-corrected chi connectivity index (χ4v) is 6.32. The Kier molecular flexibility index (Phi) is 5.74. The molecule has 2 N–H and O–H groups in total. The predicted octanol–water partition coefficient (Wildman–Crippen LogP) is 3.35. The van der Waals surface area contributed by atoms with Gasteiger partial charge in [-0.25, -0.2) is 22.7 Å². The second kappa shape index (κ2) is 8.11. The van der Waals surface area contributed by atoms with E-state index in [9.17, 15) is 22.7 Å². The number of β-amino-alcohol motifs (C(OH)–C–C–N with tert-alkyl or cyclic N) is 1. The summed E-state index contributed by atoms with van der Waals surface area (Å²) < 4.78 is 48.2. The van der Waals surface area contributed by atoms with E-state index in [2.05, 4.69) is 10.2 Å². The van der Waals surface area contributed by atoms with Gasteiger partial charge < -0.3 is 9.52 Å². The third-order valence-corrected chi connectivity index (χ3v) is 8.11. The lowest BCUT2D eigenvalue weighted by Gasteiger charge is -2.38. The highest BCUT2D eigenvalue weighted by atomic mass is 35.5. The summed E-state index contributed by atoms with van der Waals surface area (Å²) in [6.45, 7) is 4.83. The van der Waals surface area contributed by atoms with E-state index in [1.54, 1.807) is 19.9 Å². The summed E-state index contributed by atoms with van der Waals surface area (Å²) in [4.78, 5) is 11.6. The quantitative estimate of drug-likeness (QED) is 0.590. The number of aliphatic hydroxyl groups is 1. The van der Waals surface area contributed by atoms with Crippen LogP contribution < -0.4 is 5.76 Å². The Balaban J connectivity index is 1.92. The summed E-state index contributed by atoms with van der Waals surface area (Å²) in [5.74, 6) is -2.43. The number of aromatic amines is 1. The summed E-state index contributed by atoms with van der Waals surface area (Å²) in [5.41, 5.74) is 1.90. The lowest BCUT2D eigenvalue weighted by atomic mass is 9.87. The van der Waals surface area contributed by atoms with Gasteiger partial charge in [-0.15, -0.1) is 5.10 Å². The molecule has 170 valence electrons. The Morgan fingerprint density at radius 2 is 2.03 bits per heavy atom. The van der Waals surface area contributed by atoms with Crippen LogP contribution in [-0.4, -0.2) is 34.6 Å². The average Bonchev–Trinajstić information content (AvgIpc) is 3.15. The van der Waals surface area contributed by atoms with Crippen molar-refractivity contribution in [3.05, 3.63) is 79.9 Å². The molecule has 0 bridgehead atoms. The van der Waals surface area contributed by atoms with Crippen LogP contribution in [0.2, 0.25) is 5.02 Å². The first-order valence-electron chi connectivity index (χ1n) is 9.82. The smallest absolute Gasteiger partial charge is 0.391 e. The van der Waals surface area contributed by atoms with Gasteiger partial charge in [0.15, 0.2) is 0 Å². The molecule has 2 heterocycles. The highest BCUT2D eigenvalue weighted by molar-refractivity contribution is 7.89. The van der Waals surface area contributed by atoms with Crippen LogP contribution in [0.3, 0.4) is 0 Å². The maximum absolute atomic E-state index is 14.9. The van der Waals surface area contributed by atoms with Crippen molar-refractivity contribution in [2.75, 3.05) is 6.54 Å². The molecule has 8 nitrogen and oxygen atoms in total. The molecule has 0 spiro atoms. The van der Waals surface area contributed by atoms with Crippen LogP contribution in [0, 0.1) is 19.7 Å². The van der Waals surface area contributed by atoms with E-state index in [0.29, 0.717) is 5.56 Å². The Labute approximate surface area is 188 Å². The highest BCUT2D eigenvalue weighted by Crippen LogP contribution is 2.44. The van der Waals surface area contributed by atoms with Gasteiger partial charge in [0.1, 0.15) is 11.9 Å². The van der Waals surface area contributed by atoms with E-state index in [0.717, 1.165) is 9.87 Å². The summed E-state index contributed by atoms with van der Waals surface area (Å²) in [6, 6.07) is 5.85. The zero-order chi connectivity index (χ0) is 23.4. The van der Waals surface area contributed by atoms with Crippen LogP contribution in [0.1, 0.15) is 53.1 Å². The number of rotatable bonds is 4. The molecule has 0 saturated carbocycles. The van der Waals surface area contributed by atoms with E-state index in [1.807, 2.05) is 6.92 Å². The van der Waals surface area contributed by atoms with Crippen molar-refractivity contribution < 1.29 is 22.3 Å². The van der Waals surface area contributed by atoms with Crippen LogP contribution in [0.15, 0.2) is 44.4 Å². The van der Waals surface area contributed by atoms with E-state index < -0.39 is 39.7 Å². The molecule has 0 fully saturated rings. The lowest BCUT2D eigenvalue weighted by molar-refractivity contribution is 0.110. The average molecular weight is 482 g/mol. The molecule has 3 aromatic rings. The SMILES string of the molecule is Cc1ccc(F)c(C(C)[C@@H](c2n[nH]c(=O)o2)N2CC(O)c3cc(Cl)ccc3S2(=O)=O)c1C. The van der Waals surface area contributed by atoms with Crippen molar-refractivity contribution in [2.24, 2.45) is 0 Å². The number of hydrogen-bond donors (Lipinski definition) is 2. The number of halogens is 2. The summed E-state index contributed by atoms with van der Waals surface area (Å²) >= 11 is 5.99. The fourth-order valence-electron chi connectivity index (χ4n) is 4.25. The van der Waals surface area contributed by atoms with Crippen molar-refractivity contribution in [3.8, 4) is 0 Å². The lowest BCUT2D eigenvalue weighted by Crippen LogP contribution is -2.44. The number of aryl methyl sites for hydroxylation is 1. The predicted molar refractivity (Wildman–Crippen MR) is 114 cm³/mol. The standard InChI is InChI=1S/C21H21ClFN3O5S/c1-10-4-6-15(23)18(11(10)2)12(3)19(20-24-25-21(28)31-20)26-9-16(27)14-8-13(22)5-7-17(14)32(26,29)30/h4-8,12,16,19,27H,9H2,1-3H3,(H,25,28)/t12?,16?,19-/m0/s1. The summed E-state index contributed by atoms with van der Waals surface area (Å²) in [5, 5.41) is 17.0. The molecule has 2 unspecified atom stereocenters. The van der Waals surface area contributed by atoms with Crippen molar-refractivity contribution in [1.29, 1.82) is 0 Å². The topological polar surface area (TPSA) is 116 Å². The van der Waals surface area contributed by atoms with Crippen LogP contribution in [0.25, 0.3) is 0 Å². The van der Waals surface area contributed by atoms with Gasteiger partial charge in [-0.2, -0.15) is 4.31 Å². The van der Waals surface area contributed by atoms with Crippen LogP contribution in [-0.2, 0) is 10.0 Å². The number of fused-ring (bicyclic) bond motifs is 1. The third-order valence-electron chi connectivity index (χ3n) is 5.95. The summed E-state index contributed by atoms with van der Waals surface area (Å²) in [6.07, 6.45) is -1.20. The number of hydrogen-bond acceptors (Lipinski definition) is 6. The van der Waals surface area contributed by atoms with Crippen LogP contribution in [0.5, 0.6) is 0 Å². The number of H-pyrrole nitrogens is 1. The van der Waals surface area contributed by atoms with E-state index in [1.165, 1.54) is 24.3 Å². The molecule has 1 aliphatic heterocycles. The van der Waals surface area contributed by atoms with Gasteiger partial charge in [-0.1, -0.05) is 24.6 Å². The molecule has 2 aromatic carbocycles. The van der Waals surface area contributed by atoms with Crippen molar-refractivity contribution in [2.45, 2.75) is 43.7 Å². The molecular weight excluding hydrogens is 461 g/mol. The van der Waals surface area contributed by atoms with Crippen molar-refractivity contribution >= 4 is 21.6 Å². The number of sulfonamides is 1. The van der Waals surface area contributed by atoms with Gasteiger partial charge in [0.05, 0.1) is 11.0 Å². The molecule has 0 amide bonds. The molecule has 3 atom stereocenters. The Bertz CT molecular complexity index is 1350. The molecule has 11 heteroatoms. The Morgan fingerprint density at radius 3 is 2.69 bits per heavy atom. The minimum Gasteiger partial charge on any atom is -0.391 e. The molecule has 32 heavy (non-hydrogen) atoms. The number of nitrogens with one attached hydrogen (secondary N) is 1. The number of aliphatic hydroxyl groups excluding tert-OH is 1. The molecule has 1 aromatic heterocycles. The van der Waals surface area contributed by atoms with Gasteiger partial charge in [0.25, 0.3) is 0 Å². The van der Waals surface area contributed by atoms with Gasteiger partial charge in [0, 0.05) is 23.0 Å². The normalized spacial score (nSPS) is 20.0. The fraction of sp³-hybridized carbons (Fsp3) is 0.333. The highest BCUT2D eigenvalue weighted by Gasteiger charge is 2.45. The zero-order valence-electron chi connectivity index (χ0n) is 17.5. The second-order valence-electron chi connectivity index (χ2n) is 7.86. The molecule has 0 aliphatic carbocycles. The number of aromatic nitrogens is 2. The first-order chi connectivity index (χ1) is 15.0. The Morgan fingerprint density at radius 1 is 1.31 bits per heavy atom. The van der Waals surface area contributed by atoms with Crippen molar-refractivity contribution in [3.63, 3.8) is 0 Å². The third kappa shape index (κ3) is 3.66. The molecular formula is C21H21ClFN3O5S. The zero-order valence-corrected chi connectivity index (χ0v) is 19.0. The maximum Gasteiger partial charge on any atom is 0.434 e. The second-order valence-corrected chi connectivity index (χ2v) is 10.2. The molecule has 0 radical (unpaired) electrons. The minimum absolute atomic E-state index is 0.128. The van der Waals surface area contributed by atoms with E-state index in [-0.39, 0.29) is 33.5 Å². The summed E-state index contributed by atoms with van der Waals surface area (Å²) in [7, 11) is -4.18. The number of nitrogens with zero attached hydrogens (tertiary/aromatic N) is 2. The molecule has 0 saturated heterocycles. The van der Waals surface area contributed by atoms with Gasteiger partial charge in [0.2, 0.25) is 15.9 Å². The van der Waals surface area contributed by atoms with Crippen LogP contribution >= 0.6 is 11.6 Å². The monoisotopic (exact) mass is 481 g/mol. The van der Waals surface area contributed by atoms with Gasteiger partial charge >= 0.3 is 5.76 Å². The van der Waals surface area contributed by atoms with Gasteiger partial charge in [-0.3, -0.25) is 0 Å².